The number of aliphatic hydroxyl groups is 1. The highest BCUT2D eigenvalue weighted by Gasteiger charge is 2.06. The van der Waals surface area contributed by atoms with Gasteiger partial charge in [0.1, 0.15) is 12.3 Å². The molecule has 0 rings (SSSR count). The lowest BCUT2D eigenvalue weighted by Gasteiger charge is -2.06. The highest BCUT2D eigenvalue weighted by Crippen LogP contribution is 1.73. The normalized spacial score (nSPS) is 12.2. The highest BCUT2D eigenvalue weighted by molar-refractivity contribution is 5.81. The summed E-state index contributed by atoms with van der Waals surface area (Å²) in [6.45, 7) is -0.570. The van der Waals surface area contributed by atoms with E-state index in [-0.39, 0.29) is 6.54 Å². The molecule has 0 aromatic rings. The third-order valence-corrected chi connectivity index (χ3v) is 0.893. The molecule has 0 heterocycles. The SMILES string of the molecule is NCC(=O)N[C@@H](C=O)CO. The van der Waals surface area contributed by atoms with Gasteiger partial charge in [-0.2, -0.15) is 0 Å². The Labute approximate surface area is 58.2 Å². The first-order chi connectivity index (χ1) is 4.74. The number of nitrogens with one attached hydrogen (secondary N) is 1. The number of rotatable bonds is 4. The summed E-state index contributed by atoms with van der Waals surface area (Å²) in [7, 11) is 0. The van der Waals surface area contributed by atoms with Gasteiger partial charge >= 0.3 is 0 Å². The van der Waals surface area contributed by atoms with E-state index in [1.807, 2.05) is 0 Å². The molecule has 0 aromatic heterocycles. The molecule has 0 saturated heterocycles. The first-order valence-corrected chi connectivity index (χ1v) is 2.80. The number of hydrogen-bond donors (Lipinski definition) is 3. The minimum Gasteiger partial charge on any atom is -0.394 e. The highest BCUT2D eigenvalue weighted by atomic mass is 16.3. The first kappa shape index (κ1) is 9.06. The number of aldehydes is 1. The van der Waals surface area contributed by atoms with Crippen molar-refractivity contribution in [3.8, 4) is 0 Å². The lowest BCUT2D eigenvalue weighted by atomic mass is 10.3. The molecule has 4 N–H and O–H groups in total. The van der Waals surface area contributed by atoms with Crippen LogP contribution >= 0.6 is 0 Å². The van der Waals surface area contributed by atoms with Crippen LogP contribution in [-0.4, -0.2) is 36.5 Å². The summed E-state index contributed by atoms with van der Waals surface area (Å²) in [5.41, 5.74) is 4.92. The zero-order valence-electron chi connectivity index (χ0n) is 5.41. The van der Waals surface area contributed by atoms with Crippen molar-refractivity contribution < 1.29 is 14.7 Å². The topological polar surface area (TPSA) is 92.4 Å². The zero-order chi connectivity index (χ0) is 7.98. The van der Waals surface area contributed by atoms with Crippen LogP contribution in [0.4, 0.5) is 0 Å². The Hall–Kier alpha value is -0.940. The van der Waals surface area contributed by atoms with Gasteiger partial charge in [0, 0.05) is 0 Å². The molecule has 0 radical (unpaired) electrons. The molecule has 0 aromatic carbocycles. The third-order valence-electron chi connectivity index (χ3n) is 0.893. The van der Waals surface area contributed by atoms with Crippen molar-refractivity contribution in [3.63, 3.8) is 0 Å². The molecule has 0 aliphatic rings. The Morgan fingerprint density at radius 1 is 1.80 bits per heavy atom. The van der Waals surface area contributed by atoms with Gasteiger partial charge in [0.25, 0.3) is 0 Å². The van der Waals surface area contributed by atoms with E-state index in [2.05, 4.69) is 5.32 Å². The molecule has 0 aliphatic heterocycles. The van der Waals surface area contributed by atoms with E-state index in [1.54, 1.807) is 0 Å². The number of carbonyl (C=O) groups is 2. The Balaban J connectivity index is 3.62. The van der Waals surface area contributed by atoms with Crippen LogP contribution in [0.3, 0.4) is 0 Å². The molecule has 58 valence electrons. The number of nitrogens with two attached hydrogens (primary N) is 1. The van der Waals surface area contributed by atoms with Crippen LogP contribution in [0.1, 0.15) is 0 Å². The van der Waals surface area contributed by atoms with E-state index in [0.29, 0.717) is 6.29 Å². The van der Waals surface area contributed by atoms with Crippen molar-refractivity contribution in [1.82, 2.24) is 5.32 Å². The van der Waals surface area contributed by atoms with Gasteiger partial charge in [0.2, 0.25) is 5.91 Å². The molecule has 5 nitrogen and oxygen atoms in total. The second-order valence-electron chi connectivity index (χ2n) is 1.70. The van der Waals surface area contributed by atoms with Gasteiger partial charge in [-0.05, 0) is 0 Å². The van der Waals surface area contributed by atoms with Crippen LogP contribution < -0.4 is 11.1 Å². The average molecular weight is 146 g/mol. The Kier molecular flexibility index (Phi) is 4.43. The van der Waals surface area contributed by atoms with Crippen molar-refractivity contribution in [2.24, 2.45) is 5.73 Å². The lowest BCUT2D eigenvalue weighted by Crippen LogP contribution is -2.41. The van der Waals surface area contributed by atoms with Gasteiger partial charge in [-0.25, -0.2) is 0 Å². The monoisotopic (exact) mass is 146 g/mol. The summed E-state index contributed by atoms with van der Waals surface area (Å²) in [4.78, 5) is 20.4. The Morgan fingerprint density at radius 2 is 2.40 bits per heavy atom. The molecule has 0 spiro atoms. The van der Waals surface area contributed by atoms with Gasteiger partial charge < -0.3 is 21.0 Å². The van der Waals surface area contributed by atoms with Crippen molar-refractivity contribution >= 4 is 12.2 Å². The molecule has 0 aliphatic carbocycles. The van der Waals surface area contributed by atoms with Crippen molar-refractivity contribution in [2.75, 3.05) is 13.2 Å². The van der Waals surface area contributed by atoms with Crippen molar-refractivity contribution in [2.45, 2.75) is 6.04 Å². The standard InChI is InChI=1S/C5H10N2O3/c6-1-5(10)7-4(2-8)3-9/h2,4,9H,1,3,6H2,(H,7,10)/t4-/m0/s1. The third kappa shape index (κ3) is 3.16. The molecule has 0 fully saturated rings. The maximum absolute atomic E-state index is 10.4. The van der Waals surface area contributed by atoms with Gasteiger partial charge in [-0.3, -0.25) is 4.79 Å². The largest absolute Gasteiger partial charge is 0.394 e. The van der Waals surface area contributed by atoms with Gasteiger partial charge in [-0.1, -0.05) is 0 Å². The summed E-state index contributed by atoms with van der Waals surface area (Å²) in [5.74, 6) is -0.453. The summed E-state index contributed by atoms with van der Waals surface area (Å²) in [6.07, 6.45) is 0.452. The Bertz CT molecular complexity index is 126. The molecule has 0 unspecified atom stereocenters. The zero-order valence-corrected chi connectivity index (χ0v) is 5.41. The second kappa shape index (κ2) is 4.89. The fraction of sp³-hybridized carbons (Fsp3) is 0.600. The summed E-state index contributed by atoms with van der Waals surface area (Å²) >= 11 is 0. The smallest absolute Gasteiger partial charge is 0.234 e. The van der Waals surface area contributed by atoms with E-state index < -0.39 is 18.6 Å². The van der Waals surface area contributed by atoms with Gasteiger partial charge in [0.15, 0.2) is 0 Å². The minimum atomic E-state index is -0.823. The quantitative estimate of drug-likeness (QED) is 0.386. The molecule has 1 amide bonds. The molecule has 0 bridgehead atoms. The van der Waals surface area contributed by atoms with Gasteiger partial charge in [0.05, 0.1) is 13.2 Å². The molecular weight excluding hydrogens is 136 g/mol. The molecule has 5 heteroatoms. The Morgan fingerprint density at radius 3 is 2.70 bits per heavy atom. The van der Waals surface area contributed by atoms with Crippen LogP contribution in [-0.2, 0) is 9.59 Å². The fourth-order valence-electron chi connectivity index (χ4n) is 0.388. The van der Waals surface area contributed by atoms with E-state index in [4.69, 9.17) is 10.8 Å². The van der Waals surface area contributed by atoms with E-state index >= 15 is 0 Å². The summed E-state index contributed by atoms with van der Waals surface area (Å²) in [5, 5.41) is 10.6. The number of aliphatic hydroxyl groups excluding tert-OH is 1. The van der Waals surface area contributed by atoms with Crippen LogP contribution in [0.2, 0.25) is 0 Å². The predicted octanol–water partition coefficient (Wildman–Crippen LogP) is -2.38. The average Bonchev–Trinajstić information content (AvgIpc) is 1.99. The van der Waals surface area contributed by atoms with E-state index in [0.717, 1.165) is 0 Å². The van der Waals surface area contributed by atoms with E-state index in [1.165, 1.54) is 0 Å². The molecule has 10 heavy (non-hydrogen) atoms. The van der Waals surface area contributed by atoms with Crippen molar-refractivity contribution in [1.29, 1.82) is 0 Å². The lowest BCUT2D eigenvalue weighted by molar-refractivity contribution is -0.123. The van der Waals surface area contributed by atoms with Crippen LogP contribution in [0.5, 0.6) is 0 Å². The number of carbonyl (C=O) groups excluding carboxylic acids is 2. The number of amides is 1. The molecular formula is C5H10N2O3. The van der Waals surface area contributed by atoms with Crippen LogP contribution in [0.15, 0.2) is 0 Å². The fourth-order valence-corrected chi connectivity index (χ4v) is 0.388. The van der Waals surface area contributed by atoms with Crippen molar-refractivity contribution in [3.05, 3.63) is 0 Å². The second-order valence-corrected chi connectivity index (χ2v) is 1.70. The minimum absolute atomic E-state index is 0.176. The molecule has 0 saturated carbocycles. The van der Waals surface area contributed by atoms with E-state index in [9.17, 15) is 9.59 Å². The maximum atomic E-state index is 10.4. The maximum Gasteiger partial charge on any atom is 0.234 e. The van der Waals surface area contributed by atoms with Crippen LogP contribution in [0, 0.1) is 0 Å². The predicted molar refractivity (Wildman–Crippen MR) is 34.1 cm³/mol. The summed E-state index contributed by atoms with van der Waals surface area (Å²) in [6, 6.07) is -0.823. The van der Waals surface area contributed by atoms with Crippen LogP contribution in [0.25, 0.3) is 0 Å². The number of hydrogen-bond acceptors (Lipinski definition) is 4. The first-order valence-electron chi connectivity index (χ1n) is 2.80. The van der Waals surface area contributed by atoms with Gasteiger partial charge in [-0.15, -0.1) is 0 Å². The molecule has 1 atom stereocenters. The summed E-state index contributed by atoms with van der Waals surface area (Å²) < 4.78 is 0.